The van der Waals surface area contributed by atoms with Crippen molar-refractivity contribution in [2.75, 3.05) is 19.4 Å². The summed E-state index contributed by atoms with van der Waals surface area (Å²) in [5.74, 6) is 0.658. The minimum absolute atomic E-state index is 0.0719. The van der Waals surface area contributed by atoms with Gasteiger partial charge in [-0.3, -0.25) is 0 Å². The lowest BCUT2D eigenvalue weighted by Crippen LogP contribution is -2.40. The summed E-state index contributed by atoms with van der Waals surface area (Å²) in [6.07, 6.45) is 5.49. The van der Waals surface area contributed by atoms with Crippen LogP contribution in [0.25, 0.3) is 11.1 Å². The number of carbonyl (C=O) groups is 1. The van der Waals surface area contributed by atoms with E-state index in [1.54, 1.807) is 19.0 Å². The Bertz CT molecular complexity index is 697. The summed E-state index contributed by atoms with van der Waals surface area (Å²) < 4.78 is 0. The molecular formula is C20H29N5O. The Morgan fingerprint density at radius 1 is 1.04 bits per heavy atom. The molecule has 0 saturated carbocycles. The number of aromatic nitrogens is 2. The summed E-state index contributed by atoms with van der Waals surface area (Å²) >= 11 is 0. The first kappa shape index (κ1) is 19.7. The molecule has 2 rings (SSSR count). The number of nitrogens with zero attached hydrogens (tertiary/aromatic N) is 3. The number of carbonyl (C=O) groups excluding carboxylic acids is 1. The van der Waals surface area contributed by atoms with Crippen molar-refractivity contribution in [3.8, 4) is 11.1 Å². The van der Waals surface area contributed by atoms with E-state index in [1.807, 2.05) is 19.3 Å². The lowest BCUT2D eigenvalue weighted by Gasteiger charge is -2.18. The molecule has 2 unspecified atom stereocenters. The number of urea groups is 1. The van der Waals surface area contributed by atoms with Crippen LogP contribution in [-0.4, -0.2) is 47.1 Å². The van der Waals surface area contributed by atoms with E-state index in [1.165, 1.54) is 5.56 Å². The average molecular weight is 355 g/mol. The Morgan fingerprint density at radius 3 is 2.19 bits per heavy atom. The second-order valence-electron chi connectivity index (χ2n) is 6.89. The van der Waals surface area contributed by atoms with Crippen LogP contribution in [0.4, 0.5) is 10.7 Å². The van der Waals surface area contributed by atoms with Gasteiger partial charge in [0, 0.05) is 44.1 Å². The number of rotatable bonds is 7. The van der Waals surface area contributed by atoms with Gasteiger partial charge in [-0.1, -0.05) is 31.2 Å². The third-order valence-corrected chi connectivity index (χ3v) is 4.24. The molecule has 0 saturated heterocycles. The van der Waals surface area contributed by atoms with Gasteiger partial charge in [-0.2, -0.15) is 0 Å². The smallest absolute Gasteiger partial charge is 0.317 e. The molecule has 0 radical (unpaired) electrons. The highest BCUT2D eigenvalue weighted by molar-refractivity contribution is 5.73. The molecule has 2 atom stereocenters. The maximum Gasteiger partial charge on any atom is 0.317 e. The number of anilines is 1. The minimum Gasteiger partial charge on any atom is -0.352 e. The van der Waals surface area contributed by atoms with Crippen LogP contribution in [0.1, 0.15) is 32.8 Å². The van der Waals surface area contributed by atoms with Crippen molar-refractivity contribution < 1.29 is 4.79 Å². The summed E-state index contributed by atoms with van der Waals surface area (Å²) in [4.78, 5) is 22.0. The SMILES string of the molecule is CCC(C)Nc1ncc(-c2ccc(CC(C)NC(=O)N(C)C)cc2)cn1. The fourth-order valence-electron chi connectivity index (χ4n) is 2.45. The molecule has 1 aromatic heterocycles. The summed E-state index contributed by atoms with van der Waals surface area (Å²) in [5.41, 5.74) is 3.24. The van der Waals surface area contributed by atoms with Gasteiger partial charge >= 0.3 is 6.03 Å². The van der Waals surface area contributed by atoms with Gasteiger partial charge in [0.25, 0.3) is 0 Å². The average Bonchev–Trinajstić information content (AvgIpc) is 2.62. The minimum atomic E-state index is -0.0719. The second-order valence-corrected chi connectivity index (χ2v) is 6.89. The fraction of sp³-hybridized carbons (Fsp3) is 0.450. The van der Waals surface area contributed by atoms with E-state index in [2.05, 4.69) is 58.7 Å². The Kier molecular flexibility index (Phi) is 6.95. The molecule has 0 aliphatic rings. The van der Waals surface area contributed by atoms with Crippen LogP contribution in [-0.2, 0) is 6.42 Å². The molecule has 2 amide bonds. The Labute approximate surface area is 156 Å². The molecule has 6 heteroatoms. The molecule has 0 fully saturated rings. The molecule has 0 bridgehead atoms. The van der Waals surface area contributed by atoms with E-state index in [-0.39, 0.29) is 12.1 Å². The topological polar surface area (TPSA) is 70.2 Å². The number of hydrogen-bond acceptors (Lipinski definition) is 4. The van der Waals surface area contributed by atoms with Gasteiger partial charge in [0.05, 0.1) is 0 Å². The fourth-order valence-corrected chi connectivity index (χ4v) is 2.45. The summed E-state index contributed by atoms with van der Waals surface area (Å²) in [6.45, 7) is 6.24. The number of hydrogen-bond donors (Lipinski definition) is 2. The molecule has 26 heavy (non-hydrogen) atoms. The molecule has 6 nitrogen and oxygen atoms in total. The molecule has 1 heterocycles. The lowest BCUT2D eigenvalue weighted by molar-refractivity contribution is 0.214. The third kappa shape index (κ3) is 5.72. The van der Waals surface area contributed by atoms with E-state index in [0.29, 0.717) is 12.0 Å². The molecule has 2 N–H and O–H groups in total. The Morgan fingerprint density at radius 2 is 1.65 bits per heavy atom. The highest BCUT2D eigenvalue weighted by atomic mass is 16.2. The highest BCUT2D eigenvalue weighted by Gasteiger charge is 2.10. The van der Waals surface area contributed by atoms with Crippen LogP contribution in [0.5, 0.6) is 0 Å². The molecule has 140 valence electrons. The van der Waals surface area contributed by atoms with Crippen LogP contribution < -0.4 is 10.6 Å². The zero-order chi connectivity index (χ0) is 19.1. The van der Waals surface area contributed by atoms with Crippen LogP contribution in [0.15, 0.2) is 36.7 Å². The number of amides is 2. The van der Waals surface area contributed by atoms with Gasteiger partial charge in [-0.25, -0.2) is 14.8 Å². The van der Waals surface area contributed by atoms with E-state index < -0.39 is 0 Å². The van der Waals surface area contributed by atoms with Gasteiger partial charge in [-0.15, -0.1) is 0 Å². The normalized spacial score (nSPS) is 13.0. The quantitative estimate of drug-likeness (QED) is 0.797. The summed E-state index contributed by atoms with van der Waals surface area (Å²) in [5, 5.41) is 6.22. The highest BCUT2D eigenvalue weighted by Crippen LogP contribution is 2.19. The van der Waals surface area contributed by atoms with Crippen molar-refractivity contribution in [2.24, 2.45) is 0 Å². The monoisotopic (exact) mass is 355 g/mol. The van der Waals surface area contributed by atoms with Crippen LogP contribution in [0.2, 0.25) is 0 Å². The van der Waals surface area contributed by atoms with Crippen molar-refractivity contribution >= 4 is 12.0 Å². The van der Waals surface area contributed by atoms with Gasteiger partial charge < -0.3 is 15.5 Å². The van der Waals surface area contributed by atoms with Crippen LogP contribution in [0.3, 0.4) is 0 Å². The maximum atomic E-state index is 11.7. The summed E-state index contributed by atoms with van der Waals surface area (Å²) in [6, 6.07) is 8.65. The molecule has 0 aliphatic heterocycles. The van der Waals surface area contributed by atoms with Crippen molar-refractivity contribution in [3.05, 3.63) is 42.2 Å². The van der Waals surface area contributed by atoms with E-state index >= 15 is 0 Å². The van der Waals surface area contributed by atoms with Crippen molar-refractivity contribution in [3.63, 3.8) is 0 Å². The van der Waals surface area contributed by atoms with Crippen LogP contribution >= 0.6 is 0 Å². The predicted octanol–water partition coefficient (Wildman–Crippen LogP) is 3.56. The number of nitrogens with one attached hydrogen (secondary N) is 2. The second kappa shape index (κ2) is 9.17. The Balaban J connectivity index is 1.97. The number of benzene rings is 1. The largest absolute Gasteiger partial charge is 0.352 e. The van der Waals surface area contributed by atoms with Gasteiger partial charge in [-0.05, 0) is 37.8 Å². The zero-order valence-corrected chi connectivity index (χ0v) is 16.3. The van der Waals surface area contributed by atoms with Gasteiger partial charge in [0.1, 0.15) is 0 Å². The summed E-state index contributed by atoms with van der Waals surface area (Å²) in [7, 11) is 3.48. The predicted molar refractivity (Wildman–Crippen MR) is 106 cm³/mol. The maximum absolute atomic E-state index is 11.7. The first-order valence-electron chi connectivity index (χ1n) is 9.04. The van der Waals surface area contributed by atoms with Crippen molar-refractivity contribution in [2.45, 2.75) is 45.7 Å². The van der Waals surface area contributed by atoms with Crippen molar-refractivity contribution in [1.29, 1.82) is 0 Å². The molecule has 0 spiro atoms. The Hall–Kier alpha value is -2.63. The molecule has 1 aromatic carbocycles. The van der Waals surface area contributed by atoms with Gasteiger partial charge in [0.2, 0.25) is 5.95 Å². The van der Waals surface area contributed by atoms with E-state index in [0.717, 1.165) is 24.0 Å². The zero-order valence-electron chi connectivity index (χ0n) is 16.3. The lowest BCUT2D eigenvalue weighted by atomic mass is 10.0. The molecule has 0 aliphatic carbocycles. The standard InChI is InChI=1S/C20H29N5O/c1-6-14(2)23-19-21-12-18(13-22-19)17-9-7-16(8-10-17)11-15(3)24-20(26)25(4)5/h7-10,12-15H,6,11H2,1-5H3,(H,24,26)(H,21,22,23). The first-order chi connectivity index (χ1) is 12.4. The van der Waals surface area contributed by atoms with Crippen LogP contribution in [0, 0.1) is 0 Å². The molecular weight excluding hydrogens is 326 g/mol. The molecule has 2 aromatic rings. The third-order valence-electron chi connectivity index (χ3n) is 4.24. The van der Waals surface area contributed by atoms with E-state index in [9.17, 15) is 4.79 Å². The van der Waals surface area contributed by atoms with Gasteiger partial charge in [0.15, 0.2) is 0 Å². The first-order valence-corrected chi connectivity index (χ1v) is 9.04. The van der Waals surface area contributed by atoms with E-state index in [4.69, 9.17) is 0 Å². The van der Waals surface area contributed by atoms with Crippen molar-refractivity contribution in [1.82, 2.24) is 20.2 Å².